The number of likely N-dealkylation sites (N-methyl/N-ethyl adjacent to an activating group) is 1. The molecule has 0 aliphatic carbocycles. The molecule has 0 fully saturated rings. The van der Waals surface area contributed by atoms with E-state index in [-0.39, 0.29) is 11.9 Å². The normalized spacial score (nSPS) is 11.8. The van der Waals surface area contributed by atoms with E-state index in [0.29, 0.717) is 29.4 Å². The van der Waals surface area contributed by atoms with Crippen molar-refractivity contribution in [1.82, 2.24) is 10.2 Å². The van der Waals surface area contributed by atoms with Gasteiger partial charge in [0.05, 0.1) is 27.4 Å². The van der Waals surface area contributed by atoms with E-state index >= 15 is 0 Å². The van der Waals surface area contributed by atoms with Crippen molar-refractivity contribution in [2.45, 2.75) is 19.9 Å². The summed E-state index contributed by atoms with van der Waals surface area (Å²) in [6, 6.07) is 13.6. The number of nitrogens with zero attached hydrogens (tertiary/aromatic N) is 1. The quantitative estimate of drug-likeness (QED) is 0.677. The summed E-state index contributed by atoms with van der Waals surface area (Å²) < 4.78 is 16.0. The summed E-state index contributed by atoms with van der Waals surface area (Å²) in [6.07, 6.45) is 0. The van der Waals surface area contributed by atoms with Crippen LogP contribution in [0.1, 0.15) is 35.8 Å². The van der Waals surface area contributed by atoms with Crippen molar-refractivity contribution in [3.05, 3.63) is 53.6 Å². The van der Waals surface area contributed by atoms with Crippen molar-refractivity contribution in [1.29, 1.82) is 0 Å². The maximum atomic E-state index is 12.8. The smallest absolute Gasteiger partial charge is 0.251 e. The van der Waals surface area contributed by atoms with Gasteiger partial charge in [-0.25, -0.2) is 0 Å². The van der Waals surface area contributed by atoms with Gasteiger partial charge in [-0.2, -0.15) is 0 Å². The van der Waals surface area contributed by atoms with Crippen LogP contribution in [0.25, 0.3) is 0 Å². The molecule has 1 N–H and O–H groups in total. The molecule has 28 heavy (non-hydrogen) atoms. The monoisotopic (exact) mass is 386 g/mol. The Hall–Kier alpha value is -2.73. The summed E-state index contributed by atoms with van der Waals surface area (Å²) in [4.78, 5) is 15.2. The van der Waals surface area contributed by atoms with E-state index in [1.807, 2.05) is 18.2 Å². The number of hydrogen-bond donors (Lipinski definition) is 1. The van der Waals surface area contributed by atoms with Crippen molar-refractivity contribution >= 4 is 5.91 Å². The number of carbonyl (C=O) groups excluding carboxylic acids is 1. The van der Waals surface area contributed by atoms with E-state index in [4.69, 9.17) is 14.2 Å². The van der Waals surface area contributed by atoms with Crippen molar-refractivity contribution in [2.75, 3.05) is 41.0 Å². The SMILES string of the molecule is CCN(CC)[C@@H](CNC(=O)c1cc(OC)c(OC)c(OC)c1)c1ccccc1. The fraction of sp³-hybridized carbons (Fsp3) is 0.409. The second kappa shape index (κ2) is 10.6. The van der Waals surface area contributed by atoms with Gasteiger partial charge in [0, 0.05) is 12.1 Å². The number of methoxy groups -OCH3 is 3. The van der Waals surface area contributed by atoms with Crippen molar-refractivity contribution in [2.24, 2.45) is 0 Å². The summed E-state index contributed by atoms with van der Waals surface area (Å²) in [5.41, 5.74) is 1.64. The molecule has 0 saturated carbocycles. The van der Waals surface area contributed by atoms with Gasteiger partial charge in [0.15, 0.2) is 11.5 Å². The van der Waals surface area contributed by atoms with E-state index in [9.17, 15) is 4.79 Å². The van der Waals surface area contributed by atoms with E-state index in [1.54, 1.807) is 12.1 Å². The van der Waals surface area contributed by atoms with Crippen LogP contribution in [0.5, 0.6) is 17.2 Å². The average molecular weight is 386 g/mol. The van der Waals surface area contributed by atoms with Gasteiger partial charge in [-0.05, 0) is 30.8 Å². The van der Waals surface area contributed by atoms with Gasteiger partial charge in [-0.15, -0.1) is 0 Å². The Morgan fingerprint density at radius 2 is 1.54 bits per heavy atom. The molecule has 0 heterocycles. The summed E-state index contributed by atoms with van der Waals surface area (Å²) >= 11 is 0. The average Bonchev–Trinajstić information content (AvgIpc) is 2.75. The van der Waals surface area contributed by atoms with Gasteiger partial charge >= 0.3 is 0 Å². The lowest BCUT2D eigenvalue weighted by molar-refractivity contribution is 0.0934. The van der Waals surface area contributed by atoms with Crippen LogP contribution in [-0.2, 0) is 0 Å². The molecule has 0 aliphatic rings. The molecule has 2 rings (SSSR count). The van der Waals surface area contributed by atoms with Crippen LogP contribution >= 0.6 is 0 Å². The third-order valence-electron chi connectivity index (χ3n) is 4.82. The highest BCUT2D eigenvalue weighted by atomic mass is 16.5. The number of nitrogens with one attached hydrogen (secondary N) is 1. The molecule has 0 spiro atoms. The maximum Gasteiger partial charge on any atom is 0.251 e. The lowest BCUT2D eigenvalue weighted by Crippen LogP contribution is -2.38. The van der Waals surface area contributed by atoms with Crippen molar-refractivity contribution in [3.63, 3.8) is 0 Å². The zero-order chi connectivity index (χ0) is 20.5. The summed E-state index contributed by atoms with van der Waals surface area (Å²) in [6.45, 7) is 6.55. The van der Waals surface area contributed by atoms with Gasteiger partial charge in [-0.1, -0.05) is 44.2 Å². The fourth-order valence-corrected chi connectivity index (χ4v) is 3.30. The molecule has 0 aromatic heterocycles. The molecule has 6 nitrogen and oxygen atoms in total. The minimum absolute atomic E-state index is 0.0992. The molecule has 0 radical (unpaired) electrons. The predicted molar refractivity (Wildman–Crippen MR) is 111 cm³/mol. The Morgan fingerprint density at radius 3 is 2.00 bits per heavy atom. The van der Waals surface area contributed by atoms with Crippen LogP contribution < -0.4 is 19.5 Å². The second-order valence-electron chi connectivity index (χ2n) is 6.27. The molecule has 1 amide bonds. The zero-order valence-corrected chi connectivity index (χ0v) is 17.3. The molecule has 152 valence electrons. The van der Waals surface area contributed by atoms with Gasteiger partial charge < -0.3 is 19.5 Å². The second-order valence-corrected chi connectivity index (χ2v) is 6.27. The Kier molecular flexibility index (Phi) is 8.14. The number of rotatable bonds is 10. The molecule has 2 aromatic rings. The summed E-state index contributed by atoms with van der Waals surface area (Å²) in [5.74, 6) is 1.19. The lowest BCUT2D eigenvalue weighted by atomic mass is 10.0. The molecule has 0 saturated heterocycles. The molecule has 2 aromatic carbocycles. The Morgan fingerprint density at radius 1 is 0.964 bits per heavy atom. The maximum absolute atomic E-state index is 12.8. The van der Waals surface area contributed by atoms with E-state index in [0.717, 1.165) is 13.1 Å². The number of carbonyl (C=O) groups is 1. The molecule has 0 bridgehead atoms. The topological polar surface area (TPSA) is 60.0 Å². The predicted octanol–water partition coefficient (Wildman–Crippen LogP) is 3.53. The lowest BCUT2D eigenvalue weighted by Gasteiger charge is -2.30. The molecular weight excluding hydrogens is 356 g/mol. The molecule has 0 unspecified atom stereocenters. The molecular formula is C22H30N2O4. The van der Waals surface area contributed by atoms with Crippen LogP contribution in [0.2, 0.25) is 0 Å². The third-order valence-corrected chi connectivity index (χ3v) is 4.82. The fourth-order valence-electron chi connectivity index (χ4n) is 3.30. The van der Waals surface area contributed by atoms with Gasteiger partial charge in [0.2, 0.25) is 5.75 Å². The highest BCUT2D eigenvalue weighted by Crippen LogP contribution is 2.38. The van der Waals surface area contributed by atoms with E-state index in [1.165, 1.54) is 26.9 Å². The number of ether oxygens (including phenoxy) is 3. The first-order chi connectivity index (χ1) is 13.6. The van der Waals surface area contributed by atoms with Crippen LogP contribution in [0.15, 0.2) is 42.5 Å². The highest BCUT2D eigenvalue weighted by Gasteiger charge is 2.21. The Bertz CT molecular complexity index is 735. The standard InChI is InChI=1S/C22H30N2O4/c1-6-24(7-2)18(16-11-9-8-10-12-16)15-23-22(25)17-13-19(26-3)21(28-5)20(14-17)27-4/h8-14,18H,6-7,15H2,1-5H3,(H,23,25)/t18-/m0/s1. The summed E-state index contributed by atoms with van der Waals surface area (Å²) in [7, 11) is 4.60. The largest absolute Gasteiger partial charge is 0.493 e. The Labute approximate surface area is 167 Å². The number of amides is 1. The number of benzene rings is 2. The van der Waals surface area contributed by atoms with Gasteiger partial charge in [-0.3, -0.25) is 9.69 Å². The minimum Gasteiger partial charge on any atom is -0.493 e. The van der Waals surface area contributed by atoms with Crippen LogP contribution in [0, 0.1) is 0 Å². The first-order valence-electron chi connectivity index (χ1n) is 9.46. The van der Waals surface area contributed by atoms with E-state index in [2.05, 4.69) is 36.2 Å². The van der Waals surface area contributed by atoms with Gasteiger partial charge in [0.1, 0.15) is 0 Å². The number of hydrogen-bond acceptors (Lipinski definition) is 5. The van der Waals surface area contributed by atoms with Crippen LogP contribution in [0.3, 0.4) is 0 Å². The van der Waals surface area contributed by atoms with E-state index < -0.39 is 0 Å². The third kappa shape index (κ3) is 4.95. The zero-order valence-electron chi connectivity index (χ0n) is 17.3. The Balaban J connectivity index is 2.23. The molecule has 6 heteroatoms. The minimum atomic E-state index is -0.188. The molecule has 0 aliphatic heterocycles. The van der Waals surface area contributed by atoms with Crippen LogP contribution in [-0.4, -0.2) is 51.8 Å². The van der Waals surface area contributed by atoms with Crippen molar-refractivity contribution < 1.29 is 19.0 Å². The van der Waals surface area contributed by atoms with Gasteiger partial charge in [0.25, 0.3) is 5.91 Å². The highest BCUT2D eigenvalue weighted by molar-refractivity contribution is 5.95. The van der Waals surface area contributed by atoms with Crippen LogP contribution in [0.4, 0.5) is 0 Å². The first-order valence-corrected chi connectivity index (χ1v) is 9.46. The summed E-state index contributed by atoms with van der Waals surface area (Å²) in [5, 5.41) is 3.05. The molecule has 1 atom stereocenters. The first kappa shape index (κ1) is 21.6. The van der Waals surface area contributed by atoms with Crippen molar-refractivity contribution in [3.8, 4) is 17.2 Å².